The Morgan fingerprint density at radius 3 is 2.67 bits per heavy atom. The van der Waals surface area contributed by atoms with Crippen molar-refractivity contribution in [1.82, 2.24) is 15.3 Å². The summed E-state index contributed by atoms with van der Waals surface area (Å²) in [7, 11) is 0. The molecule has 6 rings (SSSR count). The Bertz CT molecular complexity index is 1030. The maximum absolute atomic E-state index is 13.9. The molecule has 1 aromatic carbocycles. The fourth-order valence-electron chi connectivity index (χ4n) is 7.59. The summed E-state index contributed by atoms with van der Waals surface area (Å²) in [5, 5.41) is 25.9. The third-order valence-corrected chi connectivity index (χ3v) is 11.0. The molecule has 0 radical (unpaired) electrons. The molecular weight excluding hydrogens is 625 g/mol. The zero-order chi connectivity index (χ0) is 28.6. The first kappa shape index (κ1) is 30.4. The van der Waals surface area contributed by atoms with E-state index in [1.54, 1.807) is 12.0 Å². The number of amides is 1. The minimum atomic E-state index is -0.825. The molecule has 3 N–H and O–H groups in total. The van der Waals surface area contributed by atoms with Gasteiger partial charge in [0.25, 0.3) is 0 Å². The number of fused-ring (bicyclic) bond motifs is 2. The number of carbonyl (C=O) groups is 1. The van der Waals surface area contributed by atoms with Crippen molar-refractivity contribution < 1.29 is 29.3 Å². The van der Waals surface area contributed by atoms with Crippen molar-refractivity contribution >= 4 is 28.5 Å². The van der Waals surface area contributed by atoms with Crippen LogP contribution in [0.2, 0.25) is 0 Å². The van der Waals surface area contributed by atoms with Crippen molar-refractivity contribution in [2.45, 2.75) is 71.4 Å². The number of halogens is 1. The third-order valence-electron chi connectivity index (χ3n) is 10.2. The molecule has 8 atom stereocenters. The molecule has 2 bridgehead atoms. The van der Waals surface area contributed by atoms with Crippen LogP contribution >= 0.6 is 22.6 Å². The first-order valence-electron chi connectivity index (χ1n) is 14.8. The molecule has 0 spiro atoms. The van der Waals surface area contributed by atoms with E-state index in [1.165, 1.54) is 6.42 Å². The lowest BCUT2D eigenvalue weighted by Crippen LogP contribution is -2.62. The van der Waals surface area contributed by atoms with Crippen LogP contribution in [0.25, 0.3) is 0 Å². The molecule has 3 unspecified atom stereocenters. The van der Waals surface area contributed by atoms with Gasteiger partial charge in [-0.05, 0) is 71.6 Å². The number of benzene rings is 1. The van der Waals surface area contributed by atoms with Crippen LogP contribution in [0.4, 0.5) is 0 Å². The number of rotatable bonds is 10. The van der Waals surface area contributed by atoms with Gasteiger partial charge in [0.05, 0.1) is 36.0 Å². The number of hydrogen-bond acceptors (Lipinski definition) is 8. The van der Waals surface area contributed by atoms with Crippen molar-refractivity contribution in [3.8, 4) is 5.75 Å². The molecule has 224 valence electrons. The number of aliphatic hydroxyl groups is 2. The van der Waals surface area contributed by atoms with E-state index in [0.717, 1.165) is 54.2 Å². The van der Waals surface area contributed by atoms with Crippen LogP contribution < -0.4 is 10.1 Å². The summed E-state index contributed by atoms with van der Waals surface area (Å²) in [6.07, 6.45) is 0.725. The number of para-hydroxylation sites is 1. The van der Waals surface area contributed by atoms with Gasteiger partial charge < -0.3 is 25.0 Å². The van der Waals surface area contributed by atoms with E-state index in [4.69, 9.17) is 14.3 Å². The van der Waals surface area contributed by atoms with Crippen molar-refractivity contribution in [2.24, 2.45) is 29.1 Å². The predicted molar refractivity (Wildman–Crippen MR) is 159 cm³/mol. The predicted octanol–water partition coefficient (Wildman–Crippen LogP) is 2.66. The SMILES string of the molecule is CC1C(NC(=O)[C@@H]2[C@H]([C@H](C)O)C(CO)ON2Cc2cccc(I)c2OCCN2CCOCC2)C[C@H]2C[C@@H]1C2(C)C. The Morgan fingerprint density at radius 2 is 2.02 bits per heavy atom. The maximum atomic E-state index is 13.9. The molecule has 3 aliphatic carbocycles. The highest BCUT2D eigenvalue weighted by molar-refractivity contribution is 14.1. The van der Waals surface area contributed by atoms with Gasteiger partial charge in [-0.15, -0.1) is 0 Å². The van der Waals surface area contributed by atoms with Crippen LogP contribution in [-0.4, -0.2) is 96.4 Å². The van der Waals surface area contributed by atoms with Crippen molar-refractivity contribution in [3.05, 3.63) is 27.3 Å². The van der Waals surface area contributed by atoms with Gasteiger partial charge in [0.15, 0.2) is 0 Å². The first-order valence-corrected chi connectivity index (χ1v) is 15.9. The number of hydroxylamine groups is 2. The summed E-state index contributed by atoms with van der Waals surface area (Å²) >= 11 is 2.28. The van der Waals surface area contributed by atoms with Gasteiger partial charge in [-0.25, -0.2) is 0 Å². The zero-order valence-corrected chi connectivity index (χ0v) is 26.4. The molecule has 3 saturated carbocycles. The zero-order valence-electron chi connectivity index (χ0n) is 24.2. The second-order valence-electron chi connectivity index (χ2n) is 12.8. The Hall–Kier alpha value is -1.02. The van der Waals surface area contributed by atoms with Gasteiger partial charge in [-0.2, -0.15) is 5.06 Å². The van der Waals surface area contributed by atoms with E-state index in [-0.39, 0.29) is 18.6 Å². The molecule has 2 aliphatic heterocycles. The quantitative estimate of drug-likeness (QED) is 0.327. The van der Waals surface area contributed by atoms with Crippen LogP contribution in [0.3, 0.4) is 0 Å². The number of nitrogens with zero attached hydrogens (tertiary/aromatic N) is 2. The molecule has 40 heavy (non-hydrogen) atoms. The van der Waals surface area contributed by atoms with Gasteiger partial charge in [-0.1, -0.05) is 32.9 Å². The highest BCUT2D eigenvalue weighted by Crippen LogP contribution is 2.61. The van der Waals surface area contributed by atoms with E-state index in [0.29, 0.717) is 36.3 Å². The minimum absolute atomic E-state index is 0.103. The molecule has 10 heteroatoms. The molecule has 5 fully saturated rings. The van der Waals surface area contributed by atoms with Gasteiger partial charge >= 0.3 is 0 Å². The van der Waals surface area contributed by atoms with Gasteiger partial charge in [0, 0.05) is 37.2 Å². The summed E-state index contributed by atoms with van der Waals surface area (Å²) in [4.78, 5) is 22.5. The van der Waals surface area contributed by atoms with Crippen LogP contribution in [-0.2, 0) is 20.9 Å². The lowest BCUT2D eigenvalue weighted by molar-refractivity contribution is -0.183. The Kier molecular flexibility index (Phi) is 9.66. The van der Waals surface area contributed by atoms with Gasteiger partial charge in [0.1, 0.15) is 24.5 Å². The average molecular weight is 672 g/mol. The van der Waals surface area contributed by atoms with Gasteiger partial charge in [0.2, 0.25) is 5.91 Å². The van der Waals surface area contributed by atoms with Crippen LogP contribution in [0.1, 0.15) is 46.1 Å². The summed E-state index contributed by atoms with van der Waals surface area (Å²) < 4.78 is 12.7. The van der Waals surface area contributed by atoms with E-state index in [2.05, 4.69) is 53.6 Å². The Labute approximate surface area is 252 Å². The number of hydrogen-bond donors (Lipinski definition) is 3. The summed E-state index contributed by atoms with van der Waals surface area (Å²) in [6.45, 7) is 13.3. The first-order chi connectivity index (χ1) is 19.1. The summed E-state index contributed by atoms with van der Waals surface area (Å²) in [6, 6.07) is 5.35. The van der Waals surface area contributed by atoms with Crippen molar-refractivity contribution in [3.63, 3.8) is 0 Å². The lowest BCUT2D eigenvalue weighted by atomic mass is 9.45. The second-order valence-corrected chi connectivity index (χ2v) is 13.9. The lowest BCUT2D eigenvalue weighted by Gasteiger charge is -2.62. The summed E-state index contributed by atoms with van der Waals surface area (Å²) in [5.41, 5.74) is 1.24. The highest BCUT2D eigenvalue weighted by atomic mass is 127. The molecule has 0 aromatic heterocycles. The number of morpholine rings is 1. The largest absolute Gasteiger partial charge is 0.491 e. The average Bonchev–Trinajstić information content (AvgIpc) is 3.30. The monoisotopic (exact) mass is 671 g/mol. The summed E-state index contributed by atoms with van der Waals surface area (Å²) in [5.74, 6) is 1.70. The minimum Gasteiger partial charge on any atom is -0.491 e. The molecular formula is C30H46IN3O6. The molecule has 2 heterocycles. The van der Waals surface area contributed by atoms with Crippen LogP contribution in [0.15, 0.2) is 18.2 Å². The number of carbonyl (C=O) groups excluding carboxylic acids is 1. The molecule has 1 aromatic rings. The Morgan fingerprint density at radius 1 is 1.27 bits per heavy atom. The van der Waals surface area contributed by atoms with E-state index < -0.39 is 24.2 Å². The Balaban J connectivity index is 1.31. The standard InChI is InChI=1S/C30H46IN3O6/c1-18-22-14-21(30(22,3)4)15-24(18)32-29(37)27-26(19(2)36)25(17-35)40-34(27)16-20-6-5-7-23(31)28(20)39-13-10-33-8-11-38-12-9-33/h5-7,18-19,21-22,24-27,35-36H,8-17H2,1-4H3,(H,32,37)/t18?,19-,21+,22-,24?,25?,26+,27-/m0/s1. The number of nitrogens with one attached hydrogen (secondary N) is 1. The molecule has 2 saturated heterocycles. The van der Waals surface area contributed by atoms with Crippen molar-refractivity contribution in [1.29, 1.82) is 0 Å². The van der Waals surface area contributed by atoms with E-state index >= 15 is 0 Å². The molecule has 1 amide bonds. The fraction of sp³-hybridized carbons (Fsp3) is 0.767. The topological polar surface area (TPSA) is 104 Å². The van der Waals surface area contributed by atoms with E-state index in [9.17, 15) is 15.0 Å². The highest BCUT2D eigenvalue weighted by Gasteiger charge is 2.57. The van der Waals surface area contributed by atoms with Crippen LogP contribution in [0.5, 0.6) is 5.75 Å². The number of aliphatic hydroxyl groups excluding tert-OH is 2. The third kappa shape index (κ3) is 6.05. The van der Waals surface area contributed by atoms with Crippen LogP contribution in [0, 0.1) is 32.7 Å². The van der Waals surface area contributed by atoms with E-state index in [1.807, 2.05) is 18.2 Å². The smallest absolute Gasteiger partial charge is 0.240 e. The maximum Gasteiger partial charge on any atom is 0.240 e. The van der Waals surface area contributed by atoms with Crippen molar-refractivity contribution in [2.75, 3.05) is 46.1 Å². The second kappa shape index (κ2) is 12.7. The molecule has 9 nitrogen and oxygen atoms in total. The number of ether oxygens (including phenoxy) is 2. The normalized spacial score (nSPS) is 34.7. The fourth-order valence-corrected chi connectivity index (χ4v) is 8.30. The molecule has 5 aliphatic rings. The van der Waals surface area contributed by atoms with Gasteiger partial charge in [-0.3, -0.25) is 14.5 Å².